The molecule has 1 aliphatic rings. The molecule has 1 unspecified atom stereocenters. The number of nitrogens with two attached hydrogens (primary N) is 1. The van der Waals surface area contributed by atoms with Crippen LogP contribution in [0.15, 0.2) is 24.3 Å². The van der Waals surface area contributed by atoms with Crippen LogP contribution >= 0.6 is 0 Å². The van der Waals surface area contributed by atoms with Crippen LogP contribution in [0.5, 0.6) is 0 Å². The molecular formula is C19H28N4O3. The van der Waals surface area contributed by atoms with Gasteiger partial charge in [-0.25, -0.2) is 0 Å². The van der Waals surface area contributed by atoms with Gasteiger partial charge in [-0.15, -0.1) is 0 Å². The van der Waals surface area contributed by atoms with Crippen molar-refractivity contribution < 1.29 is 14.4 Å². The minimum atomic E-state index is -0.695. The van der Waals surface area contributed by atoms with Gasteiger partial charge < -0.3 is 21.3 Å². The molecule has 4 N–H and O–H groups in total. The molecule has 1 fully saturated rings. The fourth-order valence-electron chi connectivity index (χ4n) is 3.17. The average molecular weight is 360 g/mol. The van der Waals surface area contributed by atoms with E-state index in [9.17, 15) is 14.4 Å². The van der Waals surface area contributed by atoms with Gasteiger partial charge in [0.1, 0.15) is 0 Å². The normalized spacial score (nSPS) is 17.5. The summed E-state index contributed by atoms with van der Waals surface area (Å²) in [4.78, 5) is 37.0. The van der Waals surface area contributed by atoms with Crippen LogP contribution in [0.3, 0.4) is 0 Å². The van der Waals surface area contributed by atoms with Crippen molar-refractivity contribution in [2.75, 3.05) is 31.5 Å². The molecule has 7 nitrogen and oxygen atoms in total. The standard InChI is InChI=1S/C19H28N4O3/c1-14-4-2-10-23(13-14)11-3-9-21-18(25)19(26)22-16-7-5-15(6-8-16)12-17(20)24/h5-8,14H,2-4,9-13H2,1H3,(H2,20,24)(H,21,25)(H,22,26). The van der Waals surface area contributed by atoms with Crippen molar-refractivity contribution in [1.82, 2.24) is 10.2 Å². The molecule has 0 aromatic heterocycles. The zero-order valence-corrected chi connectivity index (χ0v) is 15.3. The Morgan fingerprint density at radius 2 is 1.92 bits per heavy atom. The Morgan fingerprint density at radius 3 is 2.58 bits per heavy atom. The Balaban J connectivity index is 1.67. The van der Waals surface area contributed by atoms with Crippen LogP contribution in [0.4, 0.5) is 5.69 Å². The Hall–Kier alpha value is -2.41. The van der Waals surface area contributed by atoms with Crippen LogP contribution in [0.2, 0.25) is 0 Å². The zero-order valence-electron chi connectivity index (χ0n) is 15.3. The van der Waals surface area contributed by atoms with Crippen molar-refractivity contribution in [2.24, 2.45) is 11.7 Å². The van der Waals surface area contributed by atoms with Crippen LogP contribution in [-0.4, -0.2) is 48.8 Å². The highest BCUT2D eigenvalue weighted by molar-refractivity contribution is 6.39. The van der Waals surface area contributed by atoms with E-state index in [0.29, 0.717) is 12.2 Å². The molecule has 0 spiro atoms. The van der Waals surface area contributed by atoms with Gasteiger partial charge in [-0.3, -0.25) is 14.4 Å². The molecule has 1 aliphatic heterocycles. The molecule has 1 saturated heterocycles. The lowest BCUT2D eigenvalue weighted by Crippen LogP contribution is -2.39. The minimum absolute atomic E-state index is 0.143. The van der Waals surface area contributed by atoms with E-state index >= 15 is 0 Å². The van der Waals surface area contributed by atoms with Gasteiger partial charge in [-0.1, -0.05) is 19.1 Å². The van der Waals surface area contributed by atoms with Gasteiger partial charge in [0.25, 0.3) is 0 Å². The molecule has 26 heavy (non-hydrogen) atoms. The van der Waals surface area contributed by atoms with Crippen molar-refractivity contribution in [1.29, 1.82) is 0 Å². The fraction of sp³-hybridized carbons (Fsp3) is 0.526. The third-order valence-electron chi connectivity index (χ3n) is 4.47. The molecule has 1 heterocycles. The summed E-state index contributed by atoms with van der Waals surface area (Å²) in [6, 6.07) is 6.66. The maximum Gasteiger partial charge on any atom is 0.313 e. The first-order valence-corrected chi connectivity index (χ1v) is 9.13. The first-order valence-electron chi connectivity index (χ1n) is 9.13. The van der Waals surface area contributed by atoms with Gasteiger partial charge in [0.05, 0.1) is 6.42 Å². The summed E-state index contributed by atoms with van der Waals surface area (Å²) in [5.41, 5.74) is 6.39. The van der Waals surface area contributed by atoms with Gasteiger partial charge in [0, 0.05) is 18.8 Å². The number of hydrogen-bond acceptors (Lipinski definition) is 4. The molecule has 0 saturated carbocycles. The summed E-state index contributed by atoms with van der Waals surface area (Å²) in [5.74, 6) is -1.02. The summed E-state index contributed by atoms with van der Waals surface area (Å²) in [7, 11) is 0. The molecule has 0 radical (unpaired) electrons. The molecule has 142 valence electrons. The summed E-state index contributed by atoms with van der Waals surface area (Å²) < 4.78 is 0. The van der Waals surface area contributed by atoms with E-state index in [1.165, 1.54) is 12.8 Å². The highest BCUT2D eigenvalue weighted by atomic mass is 16.2. The maximum atomic E-state index is 11.9. The first-order chi connectivity index (χ1) is 12.4. The van der Waals surface area contributed by atoms with E-state index < -0.39 is 17.7 Å². The van der Waals surface area contributed by atoms with E-state index in [1.54, 1.807) is 24.3 Å². The van der Waals surface area contributed by atoms with E-state index in [4.69, 9.17) is 5.73 Å². The predicted molar refractivity (Wildman–Crippen MR) is 100 cm³/mol. The molecule has 0 bridgehead atoms. The highest BCUT2D eigenvalue weighted by Gasteiger charge is 2.16. The molecule has 1 atom stereocenters. The van der Waals surface area contributed by atoms with Gasteiger partial charge in [0.2, 0.25) is 5.91 Å². The predicted octanol–water partition coefficient (Wildman–Crippen LogP) is 0.891. The zero-order chi connectivity index (χ0) is 18.9. The Bertz CT molecular complexity index is 630. The van der Waals surface area contributed by atoms with E-state index in [0.717, 1.165) is 37.5 Å². The van der Waals surface area contributed by atoms with Crippen LogP contribution in [0.25, 0.3) is 0 Å². The second-order valence-corrected chi connectivity index (χ2v) is 6.95. The smallest absolute Gasteiger partial charge is 0.313 e. The largest absolute Gasteiger partial charge is 0.369 e. The molecule has 0 aliphatic carbocycles. The fourth-order valence-corrected chi connectivity index (χ4v) is 3.17. The van der Waals surface area contributed by atoms with Gasteiger partial charge in [-0.05, 0) is 56.0 Å². The van der Waals surface area contributed by atoms with E-state index in [2.05, 4.69) is 22.5 Å². The molecular weight excluding hydrogens is 332 g/mol. The number of carbonyl (C=O) groups is 3. The summed E-state index contributed by atoms with van der Waals surface area (Å²) in [6.45, 7) is 5.91. The number of rotatable bonds is 7. The van der Waals surface area contributed by atoms with Crippen LogP contribution in [-0.2, 0) is 20.8 Å². The maximum absolute atomic E-state index is 11.9. The molecule has 3 amide bonds. The van der Waals surface area contributed by atoms with Crippen molar-refractivity contribution in [3.63, 3.8) is 0 Å². The number of primary amides is 1. The molecule has 7 heteroatoms. The van der Waals surface area contributed by atoms with Crippen LogP contribution in [0, 0.1) is 5.92 Å². The minimum Gasteiger partial charge on any atom is -0.369 e. The van der Waals surface area contributed by atoms with Crippen molar-refractivity contribution in [2.45, 2.75) is 32.6 Å². The number of nitrogens with zero attached hydrogens (tertiary/aromatic N) is 1. The third kappa shape index (κ3) is 6.84. The molecule has 2 rings (SSSR count). The second-order valence-electron chi connectivity index (χ2n) is 6.95. The number of nitrogens with one attached hydrogen (secondary N) is 2. The van der Waals surface area contributed by atoms with Crippen molar-refractivity contribution >= 4 is 23.4 Å². The lowest BCUT2D eigenvalue weighted by Gasteiger charge is -2.30. The Morgan fingerprint density at radius 1 is 1.19 bits per heavy atom. The number of amides is 3. The number of hydrogen-bond donors (Lipinski definition) is 3. The number of piperidine rings is 1. The summed E-state index contributed by atoms with van der Waals surface area (Å²) >= 11 is 0. The first kappa shape index (κ1) is 19.9. The van der Waals surface area contributed by atoms with Gasteiger partial charge in [-0.2, -0.15) is 0 Å². The van der Waals surface area contributed by atoms with Crippen LogP contribution in [0.1, 0.15) is 31.7 Å². The van der Waals surface area contributed by atoms with E-state index in [1.807, 2.05) is 0 Å². The number of anilines is 1. The third-order valence-corrected chi connectivity index (χ3v) is 4.47. The lowest BCUT2D eigenvalue weighted by atomic mass is 10.0. The average Bonchev–Trinajstić information content (AvgIpc) is 2.60. The quantitative estimate of drug-likeness (QED) is 0.496. The summed E-state index contributed by atoms with van der Waals surface area (Å²) in [5, 5.41) is 5.19. The molecule has 1 aromatic rings. The highest BCUT2D eigenvalue weighted by Crippen LogP contribution is 2.15. The topological polar surface area (TPSA) is 105 Å². The van der Waals surface area contributed by atoms with Gasteiger partial charge in [0.15, 0.2) is 0 Å². The Kier molecular flexibility index (Phi) is 7.59. The number of carbonyl (C=O) groups excluding carboxylic acids is 3. The Labute approximate surface area is 154 Å². The molecule has 1 aromatic carbocycles. The van der Waals surface area contributed by atoms with Crippen molar-refractivity contribution in [3.8, 4) is 0 Å². The number of benzene rings is 1. The van der Waals surface area contributed by atoms with E-state index in [-0.39, 0.29) is 6.42 Å². The lowest BCUT2D eigenvalue weighted by molar-refractivity contribution is -0.136. The SMILES string of the molecule is CC1CCCN(CCCNC(=O)C(=O)Nc2ccc(CC(N)=O)cc2)C1. The van der Waals surface area contributed by atoms with Crippen molar-refractivity contribution in [3.05, 3.63) is 29.8 Å². The summed E-state index contributed by atoms with van der Waals surface area (Å²) in [6.07, 6.45) is 3.49. The van der Waals surface area contributed by atoms with Gasteiger partial charge >= 0.3 is 11.8 Å². The monoisotopic (exact) mass is 360 g/mol. The van der Waals surface area contributed by atoms with Crippen LogP contribution < -0.4 is 16.4 Å². The number of likely N-dealkylation sites (tertiary alicyclic amines) is 1. The second kappa shape index (κ2) is 9.91.